The molecule has 8 heteroatoms. The molecule has 1 aliphatic rings. The molecule has 0 saturated carbocycles. The highest BCUT2D eigenvalue weighted by Crippen LogP contribution is 2.19. The maximum atomic E-state index is 11.2. The Kier molecular flexibility index (Phi) is 9.97. The van der Waals surface area contributed by atoms with Crippen LogP contribution in [0, 0.1) is 19.8 Å². The van der Waals surface area contributed by atoms with Gasteiger partial charge in [0, 0.05) is 38.2 Å². The molecule has 2 rings (SSSR count). The van der Waals surface area contributed by atoms with Gasteiger partial charge in [-0.15, -0.1) is 24.0 Å². The van der Waals surface area contributed by atoms with Crippen LogP contribution in [-0.4, -0.2) is 48.1 Å². The summed E-state index contributed by atoms with van der Waals surface area (Å²) in [5.74, 6) is 1.96. The zero-order chi connectivity index (χ0) is 18.2. The number of piperidine rings is 1. The van der Waals surface area contributed by atoms with Gasteiger partial charge in [0.2, 0.25) is 5.91 Å². The summed E-state index contributed by atoms with van der Waals surface area (Å²) in [5.41, 5.74) is 7.52. The molecule has 1 unspecified atom stereocenters. The number of aryl methyl sites for hydroxylation is 2. The Labute approximate surface area is 173 Å². The van der Waals surface area contributed by atoms with Crippen molar-refractivity contribution in [3.05, 3.63) is 17.0 Å². The summed E-state index contributed by atoms with van der Waals surface area (Å²) in [4.78, 5) is 18.2. The average molecular weight is 477 g/mol. The second-order valence-electron chi connectivity index (χ2n) is 6.77. The predicted octanol–water partition coefficient (Wildman–Crippen LogP) is 2.39. The number of carbonyl (C=O) groups is 1. The number of carbonyl (C=O) groups excluding carboxylic acids is 1. The first kappa shape index (κ1) is 22.7. The molecule has 1 aromatic rings. The molecule has 0 radical (unpaired) electrons. The molecular formula is C18H32IN5O2. The van der Waals surface area contributed by atoms with E-state index < -0.39 is 0 Å². The molecule has 1 atom stereocenters. The van der Waals surface area contributed by atoms with Crippen LogP contribution in [0.3, 0.4) is 0 Å². The van der Waals surface area contributed by atoms with E-state index in [1.807, 2.05) is 13.8 Å². The van der Waals surface area contributed by atoms with Crippen molar-refractivity contribution in [1.29, 1.82) is 0 Å². The molecular weight excluding hydrogens is 445 g/mol. The van der Waals surface area contributed by atoms with E-state index in [1.165, 1.54) is 5.56 Å². The summed E-state index contributed by atoms with van der Waals surface area (Å²) in [6, 6.07) is 0. The van der Waals surface area contributed by atoms with Crippen LogP contribution in [-0.2, 0) is 11.2 Å². The van der Waals surface area contributed by atoms with Crippen molar-refractivity contribution in [3.63, 3.8) is 0 Å². The fourth-order valence-corrected chi connectivity index (χ4v) is 3.43. The minimum Gasteiger partial charge on any atom is -0.370 e. The van der Waals surface area contributed by atoms with Crippen LogP contribution in [0.15, 0.2) is 9.52 Å². The maximum Gasteiger partial charge on any atom is 0.217 e. The van der Waals surface area contributed by atoms with Gasteiger partial charge in [0.15, 0.2) is 5.96 Å². The molecule has 0 spiro atoms. The monoisotopic (exact) mass is 477 g/mol. The topological polar surface area (TPSA) is 96.8 Å². The third-order valence-electron chi connectivity index (χ3n) is 4.67. The Morgan fingerprint density at radius 3 is 2.85 bits per heavy atom. The van der Waals surface area contributed by atoms with E-state index in [1.54, 1.807) is 0 Å². The van der Waals surface area contributed by atoms with Gasteiger partial charge in [0.25, 0.3) is 0 Å². The minimum atomic E-state index is -0.215. The van der Waals surface area contributed by atoms with Crippen molar-refractivity contribution in [2.45, 2.75) is 52.9 Å². The predicted molar refractivity (Wildman–Crippen MR) is 114 cm³/mol. The summed E-state index contributed by atoms with van der Waals surface area (Å²) in [6.45, 7) is 9.41. The number of hydrogen-bond donors (Lipinski definition) is 2. The van der Waals surface area contributed by atoms with Gasteiger partial charge in [-0.05, 0) is 52.4 Å². The van der Waals surface area contributed by atoms with Crippen LogP contribution < -0.4 is 11.1 Å². The highest BCUT2D eigenvalue weighted by molar-refractivity contribution is 14.0. The number of primary amides is 1. The smallest absolute Gasteiger partial charge is 0.217 e. The molecule has 1 saturated heterocycles. The van der Waals surface area contributed by atoms with Crippen molar-refractivity contribution in [2.75, 3.05) is 26.2 Å². The summed E-state index contributed by atoms with van der Waals surface area (Å²) >= 11 is 0. The number of nitrogens with two attached hydrogens (primary N) is 1. The second kappa shape index (κ2) is 11.4. The molecule has 148 valence electrons. The average Bonchev–Trinajstić information content (AvgIpc) is 2.89. The van der Waals surface area contributed by atoms with Crippen molar-refractivity contribution in [1.82, 2.24) is 15.4 Å². The molecule has 26 heavy (non-hydrogen) atoms. The van der Waals surface area contributed by atoms with E-state index >= 15 is 0 Å². The highest BCUT2D eigenvalue weighted by atomic mass is 127. The van der Waals surface area contributed by atoms with Crippen LogP contribution in [0.4, 0.5) is 0 Å². The third kappa shape index (κ3) is 6.77. The number of aromatic nitrogens is 1. The Morgan fingerprint density at radius 1 is 1.46 bits per heavy atom. The van der Waals surface area contributed by atoms with Gasteiger partial charge in [-0.25, -0.2) is 0 Å². The van der Waals surface area contributed by atoms with Crippen LogP contribution in [0.5, 0.6) is 0 Å². The zero-order valence-electron chi connectivity index (χ0n) is 16.1. The minimum absolute atomic E-state index is 0. The van der Waals surface area contributed by atoms with Crippen molar-refractivity contribution in [2.24, 2.45) is 16.6 Å². The number of amides is 1. The molecule has 1 aliphatic heterocycles. The van der Waals surface area contributed by atoms with Gasteiger partial charge in [-0.3, -0.25) is 9.79 Å². The SMILES string of the molecule is CCNC(=NCCCc1c(C)noc1C)N1CCCC(CC(N)=O)C1.I. The van der Waals surface area contributed by atoms with Crippen LogP contribution in [0.1, 0.15) is 49.6 Å². The van der Waals surface area contributed by atoms with E-state index in [2.05, 4.69) is 22.3 Å². The lowest BCUT2D eigenvalue weighted by Gasteiger charge is -2.34. The molecule has 2 heterocycles. The largest absolute Gasteiger partial charge is 0.370 e. The fraction of sp³-hybridized carbons (Fsp3) is 0.722. The van der Waals surface area contributed by atoms with Crippen molar-refractivity contribution in [3.8, 4) is 0 Å². The molecule has 0 aliphatic carbocycles. The number of likely N-dealkylation sites (tertiary alicyclic amines) is 1. The maximum absolute atomic E-state index is 11.2. The fourth-order valence-electron chi connectivity index (χ4n) is 3.43. The van der Waals surface area contributed by atoms with Crippen molar-refractivity contribution < 1.29 is 9.32 Å². The summed E-state index contributed by atoms with van der Waals surface area (Å²) in [6.07, 6.45) is 4.47. The molecule has 3 N–H and O–H groups in total. The summed E-state index contributed by atoms with van der Waals surface area (Å²) in [5, 5.41) is 7.37. The summed E-state index contributed by atoms with van der Waals surface area (Å²) in [7, 11) is 0. The Morgan fingerprint density at radius 2 is 2.23 bits per heavy atom. The molecule has 0 aromatic carbocycles. The van der Waals surface area contributed by atoms with Gasteiger partial charge < -0.3 is 20.5 Å². The standard InChI is InChI=1S/C18H31N5O2.HI/c1-4-20-18(23-10-6-7-15(12-23)11-17(19)24)21-9-5-8-16-13(2)22-25-14(16)3;/h15H,4-12H2,1-3H3,(H2,19,24)(H,20,21);1H. The van der Waals surface area contributed by atoms with Crippen LogP contribution >= 0.6 is 24.0 Å². The Hall–Kier alpha value is -1.32. The Bertz CT molecular complexity index is 583. The number of guanidine groups is 1. The third-order valence-corrected chi connectivity index (χ3v) is 4.67. The van der Waals surface area contributed by atoms with Gasteiger partial charge in [0.05, 0.1) is 5.69 Å². The highest BCUT2D eigenvalue weighted by Gasteiger charge is 2.23. The second-order valence-corrected chi connectivity index (χ2v) is 6.77. The lowest BCUT2D eigenvalue weighted by atomic mass is 9.95. The lowest BCUT2D eigenvalue weighted by molar-refractivity contribution is -0.119. The molecule has 1 aromatic heterocycles. The molecule has 1 amide bonds. The van der Waals surface area contributed by atoms with Gasteiger partial charge in [-0.2, -0.15) is 0 Å². The van der Waals surface area contributed by atoms with E-state index in [0.29, 0.717) is 12.3 Å². The van der Waals surface area contributed by atoms with Gasteiger partial charge >= 0.3 is 0 Å². The number of hydrogen-bond acceptors (Lipinski definition) is 4. The molecule has 0 bridgehead atoms. The van der Waals surface area contributed by atoms with E-state index in [0.717, 1.165) is 69.3 Å². The van der Waals surface area contributed by atoms with Crippen LogP contribution in [0.25, 0.3) is 0 Å². The normalized spacial score (nSPS) is 17.7. The first-order valence-electron chi connectivity index (χ1n) is 9.24. The first-order valence-corrected chi connectivity index (χ1v) is 9.24. The molecule has 7 nitrogen and oxygen atoms in total. The van der Waals surface area contributed by atoms with Crippen molar-refractivity contribution >= 4 is 35.8 Å². The van der Waals surface area contributed by atoms with E-state index in [9.17, 15) is 4.79 Å². The number of halogens is 1. The lowest BCUT2D eigenvalue weighted by Crippen LogP contribution is -2.47. The van der Waals surface area contributed by atoms with Gasteiger partial charge in [0.1, 0.15) is 5.76 Å². The first-order chi connectivity index (χ1) is 12.0. The number of rotatable bonds is 7. The number of nitrogens with one attached hydrogen (secondary N) is 1. The van der Waals surface area contributed by atoms with E-state index in [-0.39, 0.29) is 29.9 Å². The number of aliphatic imine (C=N–C) groups is 1. The van der Waals surface area contributed by atoms with E-state index in [4.69, 9.17) is 15.2 Å². The van der Waals surface area contributed by atoms with Gasteiger partial charge in [-0.1, -0.05) is 5.16 Å². The zero-order valence-corrected chi connectivity index (χ0v) is 18.4. The summed E-state index contributed by atoms with van der Waals surface area (Å²) < 4.78 is 5.21. The van der Waals surface area contributed by atoms with Crippen LogP contribution in [0.2, 0.25) is 0 Å². The Balaban J connectivity index is 0.00000338. The quantitative estimate of drug-likeness (QED) is 0.272. The number of nitrogens with zero attached hydrogens (tertiary/aromatic N) is 3. The molecule has 1 fully saturated rings.